The molecule has 12 rings (SSSR count). The molecule has 0 saturated heterocycles. The lowest BCUT2D eigenvalue weighted by Crippen LogP contribution is -2.40. The van der Waals surface area contributed by atoms with Crippen molar-refractivity contribution in [2.24, 2.45) is 0 Å². The molecular weight excluding hydrogens is 989 g/mol. The van der Waals surface area contributed by atoms with Crippen molar-refractivity contribution in [1.29, 1.82) is 0 Å². The van der Waals surface area contributed by atoms with Crippen molar-refractivity contribution in [3.63, 3.8) is 0 Å². The first-order chi connectivity index (χ1) is 38.0. The molecule has 2 aliphatic rings. The quantitative estimate of drug-likeness (QED) is 0.102. The summed E-state index contributed by atoms with van der Waals surface area (Å²) in [5.74, 6) is 4.81. The van der Waals surface area contributed by atoms with E-state index in [0.717, 1.165) is 33.6 Å². The number of benzene rings is 2. The van der Waals surface area contributed by atoms with Crippen LogP contribution in [0.1, 0.15) is 55.3 Å². The molecular formula is C56H48N18O4. The standard InChI is InChI=1S/C56H48N18O4/c1-6-49(75)71-17-13-36(23-34(71)4)53-57-27-42-51(68-53)55(62-29-59-42)66-39-8-10-45(33(3)22-39)78-41-16-20-74-48(26-41)67-46(70-74)11-12-50(76)72-18-14-37(24-35(72)5)54-58-28-43-52(69-54)56(63-30-60-43)65-38-7-9-44(32(2)21-38)77-40-15-19-73-47(25-40)61-31-64-73/h6-16,19-22,25-31,34-35H,1,17-18,23-24H2,2-5H3,(H,59,62,66)(H,60,63,65)/t34-,35+/m1/s1. The number of aryl methyl sites for hydroxylation is 2. The van der Waals surface area contributed by atoms with Gasteiger partial charge in [0.15, 0.2) is 40.4 Å². The minimum Gasteiger partial charge on any atom is -0.457 e. The fourth-order valence-electron chi connectivity index (χ4n) is 9.42. The number of amides is 2. The van der Waals surface area contributed by atoms with Gasteiger partial charge in [-0.3, -0.25) is 9.59 Å². The number of hydrogen-bond acceptors (Lipinski definition) is 18. The highest BCUT2D eigenvalue weighted by Gasteiger charge is 2.27. The molecule has 0 bridgehead atoms. The van der Waals surface area contributed by atoms with Crippen molar-refractivity contribution < 1.29 is 19.1 Å². The predicted octanol–water partition coefficient (Wildman–Crippen LogP) is 8.83. The first-order valence-electron chi connectivity index (χ1n) is 25.0. The van der Waals surface area contributed by atoms with Crippen molar-refractivity contribution in [1.82, 2.24) is 78.9 Å². The number of fused-ring (bicyclic) bond motifs is 4. The molecule has 2 aromatic carbocycles. The fourth-order valence-corrected chi connectivity index (χ4v) is 9.42. The summed E-state index contributed by atoms with van der Waals surface area (Å²) in [5.41, 5.74) is 8.77. The van der Waals surface area contributed by atoms with Gasteiger partial charge in [-0.05, 0) is 123 Å². The highest BCUT2D eigenvalue weighted by Crippen LogP contribution is 2.34. The molecule has 2 atom stereocenters. The van der Waals surface area contributed by atoms with Gasteiger partial charge in [0.2, 0.25) is 11.8 Å². The van der Waals surface area contributed by atoms with Crippen LogP contribution in [0.3, 0.4) is 0 Å². The predicted molar refractivity (Wildman–Crippen MR) is 292 cm³/mol. The minimum atomic E-state index is -0.176. The number of nitrogens with zero attached hydrogens (tertiary/aromatic N) is 16. The molecule has 2 amide bonds. The summed E-state index contributed by atoms with van der Waals surface area (Å²) in [4.78, 5) is 75.2. The van der Waals surface area contributed by atoms with Crippen LogP contribution in [0.25, 0.3) is 50.6 Å². The van der Waals surface area contributed by atoms with E-state index in [1.54, 1.807) is 61.8 Å². The van der Waals surface area contributed by atoms with Crippen LogP contribution >= 0.6 is 0 Å². The zero-order valence-corrected chi connectivity index (χ0v) is 42.7. The minimum absolute atomic E-state index is 0.0275. The Morgan fingerprint density at radius 1 is 0.628 bits per heavy atom. The molecule has 10 heterocycles. The third-order valence-corrected chi connectivity index (χ3v) is 13.5. The van der Waals surface area contributed by atoms with E-state index in [2.05, 4.69) is 67.3 Å². The molecule has 0 aliphatic carbocycles. The van der Waals surface area contributed by atoms with Crippen molar-refractivity contribution in [2.75, 3.05) is 23.7 Å². The lowest BCUT2D eigenvalue weighted by molar-refractivity contribution is -0.128. The highest BCUT2D eigenvalue weighted by atomic mass is 16.5. The summed E-state index contributed by atoms with van der Waals surface area (Å²) in [6.45, 7) is 12.4. The number of nitrogens with one attached hydrogen (secondary N) is 2. The molecule has 2 aliphatic heterocycles. The molecule has 22 heteroatoms. The van der Waals surface area contributed by atoms with E-state index < -0.39 is 0 Å². The van der Waals surface area contributed by atoms with Crippen molar-refractivity contribution in [2.45, 2.75) is 52.6 Å². The maximum atomic E-state index is 13.6. The number of carbonyl (C=O) groups excluding carboxylic acids is 2. The van der Waals surface area contributed by atoms with Crippen LogP contribution in [0, 0.1) is 13.8 Å². The third-order valence-electron chi connectivity index (χ3n) is 13.5. The second kappa shape index (κ2) is 20.4. The Hall–Kier alpha value is -10.4. The molecule has 78 heavy (non-hydrogen) atoms. The number of carbonyl (C=O) groups is 2. The SMILES string of the molecule is C=CC(=O)N1CC=C(c2ncc3ncnc(Nc4ccc(Oc5ccn6nc(C=CC(=O)N7CC=C(c8ncc9ncnc(Nc%10ccc(Oc%11ccn%12ncnc%12c%11)c(C)c%10)c9n8)C[C@@H]7C)nc6c5)c(C)c4)c3n2)C[C@H]1C. The summed E-state index contributed by atoms with van der Waals surface area (Å²) in [7, 11) is 0. The molecule has 0 saturated carbocycles. The van der Waals surface area contributed by atoms with Crippen LogP contribution in [0.15, 0.2) is 135 Å². The zero-order valence-electron chi connectivity index (χ0n) is 42.7. The van der Waals surface area contributed by atoms with Crippen LogP contribution in [0.2, 0.25) is 0 Å². The first-order valence-corrected chi connectivity index (χ1v) is 25.0. The Balaban J connectivity index is 0.676. The van der Waals surface area contributed by atoms with Crippen molar-refractivity contribution in [3.05, 3.63) is 164 Å². The van der Waals surface area contributed by atoms with Crippen LogP contribution in [-0.2, 0) is 9.59 Å². The van der Waals surface area contributed by atoms with E-state index in [1.807, 2.05) is 88.4 Å². The average molecular weight is 1040 g/mol. The summed E-state index contributed by atoms with van der Waals surface area (Å²) in [5, 5.41) is 15.5. The molecule has 386 valence electrons. The van der Waals surface area contributed by atoms with Crippen LogP contribution in [0.5, 0.6) is 23.0 Å². The lowest BCUT2D eigenvalue weighted by atomic mass is 10.0. The van der Waals surface area contributed by atoms with Gasteiger partial charge in [0.05, 0.1) is 12.4 Å². The Morgan fingerprint density at radius 2 is 1.18 bits per heavy atom. The summed E-state index contributed by atoms with van der Waals surface area (Å²) < 4.78 is 15.8. The van der Waals surface area contributed by atoms with Gasteiger partial charge in [0.25, 0.3) is 0 Å². The maximum Gasteiger partial charge on any atom is 0.247 e. The van der Waals surface area contributed by atoms with E-state index >= 15 is 0 Å². The van der Waals surface area contributed by atoms with E-state index in [1.165, 1.54) is 31.1 Å². The van der Waals surface area contributed by atoms with Gasteiger partial charge in [-0.2, -0.15) is 5.10 Å². The number of ether oxygens (including phenoxy) is 2. The third kappa shape index (κ3) is 9.87. The molecule has 10 aromatic rings. The van der Waals surface area contributed by atoms with Gasteiger partial charge in [-0.1, -0.05) is 18.7 Å². The number of pyridine rings is 2. The maximum absolute atomic E-state index is 13.6. The largest absolute Gasteiger partial charge is 0.457 e. The summed E-state index contributed by atoms with van der Waals surface area (Å²) in [6.07, 6.45) is 20.9. The monoisotopic (exact) mass is 1040 g/mol. The molecule has 0 fully saturated rings. The van der Waals surface area contributed by atoms with Gasteiger partial charge in [0, 0.05) is 67.2 Å². The molecule has 0 spiro atoms. The van der Waals surface area contributed by atoms with Crippen LogP contribution in [0.4, 0.5) is 23.0 Å². The van der Waals surface area contributed by atoms with Gasteiger partial charge in [0.1, 0.15) is 64.0 Å². The number of anilines is 4. The van der Waals surface area contributed by atoms with Crippen LogP contribution in [-0.4, -0.2) is 116 Å². The number of hydrogen-bond donors (Lipinski definition) is 2. The number of rotatable bonds is 13. The Morgan fingerprint density at radius 3 is 1.73 bits per heavy atom. The number of aromatic nitrogens is 14. The van der Waals surface area contributed by atoms with E-state index in [0.29, 0.717) is 111 Å². The van der Waals surface area contributed by atoms with Crippen molar-refractivity contribution >= 4 is 85.4 Å². The van der Waals surface area contributed by atoms with E-state index in [-0.39, 0.29) is 23.9 Å². The Kier molecular flexibility index (Phi) is 12.7. The topological polar surface area (TPSA) is 247 Å². The molecule has 8 aromatic heterocycles. The molecule has 2 N–H and O–H groups in total. The smallest absolute Gasteiger partial charge is 0.247 e. The van der Waals surface area contributed by atoms with Gasteiger partial charge < -0.3 is 29.9 Å². The van der Waals surface area contributed by atoms with Crippen molar-refractivity contribution in [3.8, 4) is 23.0 Å². The summed E-state index contributed by atoms with van der Waals surface area (Å²) >= 11 is 0. The zero-order chi connectivity index (χ0) is 53.4. The lowest BCUT2D eigenvalue weighted by Gasteiger charge is -2.32. The first kappa shape index (κ1) is 48.6. The highest BCUT2D eigenvalue weighted by molar-refractivity contribution is 5.93. The van der Waals surface area contributed by atoms with E-state index in [9.17, 15) is 9.59 Å². The molecule has 0 radical (unpaired) electrons. The Bertz CT molecular complexity index is 4130. The van der Waals surface area contributed by atoms with E-state index in [4.69, 9.17) is 19.4 Å². The van der Waals surface area contributed by atoms with Crippen LogP contribution < -0.4 is 20.1 Å². The second-order valence-corrected chi connectivity index (χ2v) is 18.9. The normalized spacial score (nSPS) is 15.7. The Labute approximate surface area is 445 Å². The summed E-state index contributed by atoms with van der Waals surface area (Å²) in [6, 6.07) is 18.6. The molecule has 0 unspecified atom stereocenters. The van der Waals surface area contributed by atoms with Gasteiger partial charge in [-0.25, -0.2) is 58.9 Å². The van der Waals surface area contributed by atoms with Gasteiger partial charge >= 0.3 is 0 Å². The fraction of sp³-hybridized carbons (Fsp3) is 0.179. The average Bonchev–Trinajstić information content (AvgIpc) is 4.13. The second-order valence-electron chi connectivity index (χ2n) is 18.9. The van der Waals surface area contributed by atoms with Gasteiger partial charge in [-0.15, -0.1) is 5.10 Å². The molecule has 22 nitrogen and oxygen atoms in total.